The molecule has 0 unspecified atom stereocenters. The van der Waals surface area contributed by atoms with Gasteiger partial charge in [-0.05, 0) is 71.3 Å². The Hall–Kier alpha value is -1.88. The van der Waals surface area contributed by atoms with E-state index < -0.39 is 16.1 Å². The lowest BCUT2D eigenvalue weighted by atomic mass is 10.0. The second-order valence-corrected chi connectivity index (χ2v) is 11.9. The molecule has 0 radical (unpaired) electrons. The number of rotatable bonds is 8. The van der Waals surface area contributed by atoms with Gasteiger partial charge < -0.3 is 24.4 Å². The Bertz CT molecular complexity index is 942. The van der Waals surface area contributed by atoms with Crippen LogP contribution in [0.2, 0.25) is 0 Å². The lowest BCUT2D eigenvalue weighted by molar-refractivity contribution is -0.0167. The third kappa shape index (κ3) is 9.53. The number of sulfonamides is 1. The van der Waals surface area contributed by atoms with E-state index in [0.717, 1.165) is 45.0 Å². The summed E-state index contributed by atoms with van der Waals surface area (Å²) in [7, 11) is -1.45. The summed E-state index contributed by atoms with van der Waals surface area (Å²) in [6.45, 7) is 10.5. The molecule has 1 amide bonds. The van der Waals surface area contributed by atoms with Crippen molar-refractivity contribution in [1.29, 1.82) is 0 Å². The Balaban J connectivity index is 2.48. The molecule has 0 aromatic heterocycles. The molecule has 2 N–H and O–H groups in total. The van der Waals surface area contributed by atoms with Crippen molar-refractivity contribution in [2.75, 3.05) is 50.9 Å². The van der Waals surface area contributed by atoms with E-state index in [1.54, 1.807) is 24.0 Å². The zero-order valence-electron chi connectivity index (χ0n) is 22.7. The molecule has 1 aliphatic rings. The fourth-order valence-electron chi connectivity index (χ4n) is 4.44. The fraction of sp³-hybridized carbons (Fsp3) is 0.731. The zero-order chi connectivity index (χ0) is 26.9. The lowest BCUT2D eigenvalue weighted by Gasteiger charge is -2.35. The van der Waals surface area contributed by atoms with Crippen molar-refractivity contribution in [1.82, 2.24) is 9.80 Å². The predicted octanol–water partition coefficient (Wildman–Crippen LogP) is 3.20. The highest BCUT2D eigenvalue weighted by atomic mass is 32.2. The third-order valence-electron chi connectivity index (χ3n) is 6.45. The van der Waals surface area contributed by atoms with Crippen LogP contribution in [-0.2, 0) is 14.8 Å². The second-order valence-electron chi connectivity index (χ2n) is 10.1. The monoisotopic (exact) mass is 527 g/mol. The van der Waals surface area contributed by atoms with Gasteiger partial charge in [0.1, 0.15) is 5.75 Å². The topological polar surface area (TPSA) is 108 Å². The minimum absolute atomic E-state index is 0.00539. The first-order valence-electron chi connectivity index (χ1n) is 13.0. The highest BCUT2D eigenvalue weighted by Gasteiger charge is 2.30. The Morgan fingerprint density at radius 1 is 1.28 bits per heavy atom. The van der Waals surface area contributed by atoms with E-state index in [-0.39, 0.29) is 41.9 Å². The number of fused-ring (bicyclic) bond motifs is 1. The Morgan fingerprint density at radius 3 is 2.64 bits per heavy atom. The van der Waals surface area contributed by atoms with Gasteiger partial charge in [0.2, 0.25) is 10.0 Å². The van der Waals surface area contributed by atoms with Crippen LogP contribution in [-0.4, -0.2) is 93.6 Å². The molecule has 1 aromatic rings. The molecule has 1 heterocycles. The summed E-state index contributed by atoms with van der Waals surface area (Å²) in [6, 6.07) is 4.31. The number of carbonyl (C=O) groups excluding carboxylic acids is 1. The molecule has 10 heteroatoms. The molecular formula is C26H45N3O6S. The van der Waals surface area contributed by atoms with Crippen molar-refractivity contribution in [2.45, 2.75) is 71.6 Å². The van der Waals surface area contributed by atoms with Gasteiger partial charge >= 0.3 is 0 Å². The van der Waals surface area contributed by atoms with Crippen LogP contribution in [0.4, 0.5) is 5.69 Å². The van der Waals surface area contributed by atoms with Gasteiger partial charge in [0.25, 0.3) is 5.91 Å². The average Bonchev–Trinajstić information content (AvgIpc) is 2.80. The standard InChI is InChI=1S/C26H45N3O6S/c1-7-13-28(5)17-25-19(2)16-29(20(3)18-30)26(31)23-15-22(27-36(6,32)33)11-12-24(23)35-21(4)10-8-9-14-34-25/h11-12,15,19-21,25,27,30H,7-10,13-14,16-18H2,1-6H3/t19-,20+,21+,25+/m1/s1. The van der Waals surface area contributed by atoms with Gasteiger partial charge in [0, 0.05) is 31.3 Å². The number of aliphatic hydroxyl groups is 1. The molecule has 0 bridgehead atoms. The molecule has 206 valence electrons. The van der Waals surface area contributed by atoms with Gasteiger partial charge in [-0.25, -0.2) is 8.42 Å². The summed E-state index contributed by atoms with van der Waals surface area (Å²) in [5.41, 5.74) is 0.551. The number of likely N-dealkylation sites (N-methyl/N-ethyl adjacent to an activating group) is 1. The van der Waals surface area contributed by atoms with Crippen LogP contribution in [0.25, 0.3) is 0 Å². The maximum atomic E-state index is 13.9. The molecule has 36 heavy (non-hydrogen) atoms. The molecule has 0 spiro atoms. The summed E-state index contributed by atoms with van der Waals surface area (Å²) in [5, 5.41) is 9.98. The van der Waals surface area contributed by atoms with Crippen LogP contribution in [0, 0.1) is 5.92 Å². The van der Waals surface area contributed by atoms with Crippen LogP contribution in [0.1, 0.15) is 63.7 Å². The molecule has 1 aliphatic heterocycles. The number of anilines is 1. The van der Waals surface area contributed by atoms with E-state index in [0.29, 0.717) is 18.9 Å². The summed E-state index contributed by atoms with van der Waals surface area (Å²) in [6.07, 6.45) is 4.54. The van der Waals surface area contributed by atoms with E-state index in [9.17, 15) is 18.3 Å². The van der Waals surface area contributed by atoms with Crippen molar-refractivity contribution in [3.8, 4) is 5.75 Å². The maximum absolute atomic E-state index is 13.9. The number of carbonyl (C=O) groups is 1. The van der Waals surface area contributed by atoms with Crippen LogP contribution in [0.5, 0.6) is 5.75 Å². The van der Waals surface area contributed by atoms with Crippen LogP contribution in [0.15, 0.2) is 18.2 Å². The number of amides is 1. The summed E-state index contributed by atoms with van der Waals surface area (Å²) < 4.78 is 38.6. The van der Waals surface area contributed by atoms with Crippen LogP contribution < -0.4 is 9.46 Å². The highest BCUT2D eigenvalue weighted by Crippen LogP contribution is 2.28. The number of benzene rings is 1. The van der Waals surface area contributed by atoms with E-state index in [1.165, 1.54) is 6.07 Å². The van der Waals surface area contributed by atoms with Gasteiger partial charge in [-0.15, -0.1) is 0 Å². The van der Waals surface area contributed by atoms with Crippen molar-refractivity contribution < 1.29 is 27.8 Å². The van der Waals surface area contributed by atoms with E-state index in [1.807, 2.05) is 6.92 Å². The third-order valence-corrected chi connectivity index (χ3v) is 7.06. The molecule has 2 rings (SSSR count). The molecule has 1 aromatic carbocycles. The minimum Gasteiger partial charge on any atom is -0.490 e. The fourth-order valence-corrected chi connectivity index (χ4v) is 5.00. The molecule has 0 saturated heterocycles. The van der Waals surface area contributed by atoms with Gasteiger partial charge in [0.05, 0.1) is 36.7 Å². The Morgan fingerprint density at radius 2 is 2.00 bits per heavy atom. The molecule has 4 atom stereocenters. The first-order chi connectivity index (χ1) is 16.9. The predicted molar refractivity (Wildman–Crippen MR) is 143 cm³/mol. The lowest BCUT2D eigenvalue weighted by Crippen LogP contribution is -2.47. The molecule has 0 aliphatic carbocycles. The minimum atomic E-state index is -3.52. The molecule has 0 fully saturated rings. The van der Waals surface area contributed by atoms with E-state index in [4.69, 9.17) is 9.47 Å². The first kappa shape index (κ1) is 30.3. The van der Waals surface area contributed by atoms with Crippen molar-refractivity contribution in [3.05, 3.63) is 23.8 Å². The maximum Gasteiger partial charge on any atom is 0.258 e. The Kier molecular flexibility index (Phi) is 11.9. The van der Waals surface area contributed by atoms with Gasteiger partial charge in [-0.3, -0.25) is 9.52 Å². The number of ether oxygens (including phenoxy) is 2. The molecule has 9 nitrogen and oxygen atoms in total. The summed E-state index contributed by atoms with van der Waals surface area (Å²) >= 11 is 0. The largest absolute Gasteiger partial charge is 0.490 e. The quantitative estimate of drug-likeness (QED) is 0.534. The average molecular weight is 528 g/mol. The highest BCUT2D eigenvalue weighted by molar-refractivity contribution is 7.92. The smallest absolute Gasteiger partial charge is 0.258 e. The molecule has 0 saturated carbocycles. The van der Waals surface area contributed by atoms with Gasteiger partial charge in [-0.1, -0.05) is 13.8 Å². The van der Waals surface area contributed by atoms with Gasteiger partial charge in [-0.2, -0.15) is 0 Å². The number of hydrogen-bond acceptors (Lipinski definition) is 7. The normalized spacial score (nSPS) is 23.5. The van der Waals surface area contributed by atoms with Crippen LogP contribution >= 0.6 is 0 Å². The van der Waals surface area contributed by atoms with E-state index in [2.05, 4.69) is 30.5 Å². The zero-order valence-corrected chi connectivity index (χ0v) is 23.5. The van der Waals surface area contributed by atoms with Crippen molar-refractivity contribution in [2.24, 2.45) is 5.92 Å². The van der Waals surface area contributed by atoms with Crippen LogP contribution in [0.3, 0.4) is 0 Å². The Labute approximate surface area is 217 Å². The van der Waals surface area contributed by atoms with E-state index >= 15 is 0 Å². The molecular weight excluding hydrogens is 482 g/mol. The SMILES string of the molecule is CCCN(C)C[C@@H]1OCCCC[C@H](C)Oc2ccc(NS(C)(=O)=O)cc2C(=O)N([C@@H](C)CO)C[C@H]1C. The van der Waals surface area contributed by atoms with Crippen molar-refractivity contribution >= 4 is 21.6 Å². The van der Waals surface area contributed by atoms with Crippen molar-refractivity contribution in [3.63, 3.8) is 0 Å². The number of nitrogens with zero attached hydrogens (tertiary/aromatic N) is 2. The second kappa shape index (κ2) is 14.2. The summed E-state index contributed by atoms with van der Waals surface area (Å²) in [5.74, 6) is 0.0909. The number of nitrogens with one attached hydrogen (secondary N) is 1. The van der Waals surface area contributed by atoms with Gasteiger partial charge in [0.15, 0.2) is 0 Å². The summed E-state index contributed by atoms with van der Waals surface area (Å²) in [4.78, 5) is 17.8. The first-order valence-corrected chi connectivity index (χ1v) is 14.8. The number of aliphatic hydroxyl groups excluding tert-OH is 1. The number of hydrogen-bond donors (Lipinski definition) is 2.